The largest absolute Gasteiger partial charge is 0.455 e. The Morgan fingerprint density at radius 3 is 2.10 bits per heavy atom. The molecule has 2 heterocycles. The minimum atomic E-state index is -0.0578. The van der Waals surface area contributed by atoms with Gasteiger partial charge in [0.2, 0.25) is 5.69 Å². The predicted molar refractivity (Wildman–Crippen MR) is 164 cm³/mol. The zero-order chi connectivity index (χ0) is 27.9. The lowest BCUT2D eigenvalue weighted by Crippen LogP contribution is -2.35. The van der Waals surface area contributed by atoms with E-state index in [0.717, 1.165) is 24.0 Å². The maximum Gasteiger partial charge on any atom is 0.216 e. The number of fused-ring (bicyclic) bond motifs is 6. The lowest BCUT2D eigenvalue weighted by Gasteiger charge is -2.42. The molecular formula is C37H42NO+. The summed E-state index contributed by atoms with van der Waals surface area (Å²) in [7, 11) is 2.13. The second-order valence-corrected chi connectivity index (χ2v) is 14.4. The van der Waals surface area contributed by atoms with Crippen molar-refractivity contribution in [2.24, 2.45) is 17.9 Å². The van der Waals surface area contributed by atoms with Crippen molar-refractivity contribution in [3.05, 3.63) is 89.1 Å². The van der Waals surface area contributed by atoms with Crippen LogP contribution in [0.2, 0.25) is 0 Å². The van der Waals surface area contributed by atoms with Crippen molar-refractivity contribution >= 4 is 21.9 Å². The Morgan fingerprint density at radius 1 is 0.744 bits per heavy atom. The Balaban J connectivity index is 1.68. The summed E-state index contributed by atoms with van der Waals surface area (Å²) in [5, 5.41) is 2.40. The van der Waals surface area contributed by atoms with Crippen molar-refractivity contribution in [1.29, 1.82) is 0 Å². The number of benzene rings is 3. The van der Waals surface area contributed by atoms with Crippen LogP contribution in [0, 0.1) is 24.7 Å². The summed E-state index contributed by atoms with van der Waals surface area (Å²) < 4.78 is 9.09. The third kappa shape index (κ3) is 4.20. The molecule has 5 aromatic rings. The van der Waals surface area contributed by atoms with Crippen molar-refractivity contribution in [2.75, 3.05) is 0 Å². The van der Waals surface area contributed by atoms with E-state index in [2.05, 4.69) is 134 Å². The fourth-order valence-electron chi connectivity index (χ4n) is 7.46. The van der Waals surface area contributed by atoms with Crippen molar-refractivity contribution in [1.82, 2.24) is 0 Å². The number of pyridine rings is 1. The van der Waals surface area contributed by atoms with Gasteiger partial charge in [0.1, 0.15) is 18.2 Å². The molecule has 0 unspecified atom stereocenters. The van der Waals surface area contributed by atoms with Crippen LogP contribution in [0.5, 0.6) is 0 Å². The molecule has 39 heavy (non-hydrogen) atoms. The summed E-state index contributed by atoms with van der Waals surface area (Å²) in [6, 6.07) is 22.9. The lowest BCUT2D eigenvalue weighted by atomic mass is 9.62. The van der Waals surface area contributed by atoms with Gasteiger partial charge in [0, 0.05) is 27.8 Å². The smallest absolute Gasteiger partial charge is 0.216 e. The van der Waals surface area contributed by atoms with Gasteiger partial charge in [-0.3, -0.25) is 0 Å². The number of hydrogen-bond acceptors (Lipinski definition) is 1. The summed E-state index contributed by atoms with van der Waals surface area (Å²) >= 11 is 0. The van der Waals surface area contributed by atoms with Crippen molar-refractivity contribution in [2.45, 2.75) is 73.6 Å². The van der Waals surface area contributed by atoms with E-state index in [-0.39, 0.29) is 16.2 Å². The molecule has 0 amide bonds. The van der Waals surface area contributed by atoms with E-state index in [0.29, 0.717) is 0 Å². The molecule has 6 rings (SSSR count). The zero-order valence-corrected chi connectivity index (χ0v) is 25.1. The molecule has 200 valence electrons. The fourth-order valence-corrected chi connectivity index (χ4v) is 7.46. The SMILES string of the molecule is Cc1ccc(-c2c(C)ccc3c2oc2cc4c(cc23)-c2ccccc2C4(CC(C)(C)C)CC(C)(C)C)[n+](C)c1. The summed E-state index contributed by atoms with van der Waals surface area (Å²) in [5.74, 6) is 0. The Kier molecular flexibility index (Phi) is 5.67. The van der Waals surface area contributed by atoms with E-state index in [1.54, 1.807) is 0 Å². The molecule has 0 bridgehead atoms. The Labute approximate surface area is 233 Å². The predicted octanol–water partition coefficient (Wildman–Crippen LogP) is 9.83. The molecule has 0 N–H and O–H groups in total. The van der Waals surface area contributed by atoms with E-state index in [1.807, 2.05) is 0 Å². The molecule has 0 saturated heterocycles. The second-order valence-electron chi connectivity index (χ2n) is 14.4. The van der Waals surface area contributed by atoms with Crippen LogP contribution in [-0.2, 0) is 12.5 Å². The average molecular weight is 517 g/mol. The number of aryl methyl sites for hydroxylation is 3. The highest BCUT2D eigenvalue weighted by molar-refractivity contribution is 6.11. The first kappa shape index (κ1) is 25.9. The molecule has 2 nitrogen and oxygen atoms in total. The number of rotatable bonds is 3. The average Bonchev–Trinajstić information content (AvgIpc) is 3.30. The number of hydrogen-bond donors (Lipinski definition) is 0. The van der Waals surface area contributed by atoms with Crippen LogP contribution in [0.4, 0.5) is 0 Å². The first-order valence-corrected chi connectivity index (χ1v) is 14.3. The first-order chi connectivity index (χ1) is 18.3. The summed E-state index contributed by atoms with van der Waals surface area (Å²) in [5.41, 5.74) is 12.8. The van der Waals surface area contributed by atoms with Crippen LogP contribution >= 0.6 is 0 Å². The van der Waals surface area contributed by atoms with Crippen LogP contribution in [0.15, 0.2) is 71.3 Å². The standard InChI is InChI=1S/C37H42NO/c1-23-14-17-31(38(9)20-23)33-24(2)15-16-26-28-18-27-25-12-10-11-13-29(25)37(21-35(3,4)5,22-36(6,7)8)30(27)19-32(28)39-34(26)33/h10-20H,21-22H2,1-9H3/q+1. The molecule has 2 heteroatoms. The Morgan fingerprint density at radius 2 is 1.44 bits per heavy atom. The van der Waals surface area contributed by atoms with Crippen LogP contribution in [0.25, 0.3) is 44.3 Å². The molecule has 0 aliphatic heterocycles. The van der Waals surface area contributed by atoms with Crippen molar-refractivity contribution in [3.8, 4) is 22.4 Å². The minimum Gasteiger partial charge on any atom is -0.455 e. The van der Waals surface area contributed by atoms with E-state index in [1.165, 1.54) is 55.4 Å². The maximum atomic E-state index is 6.87. The van der Waals surface area contributed by atoms with Crippen molar-refractivity contribution in [3.63, 3.8) is 0 Å². The zero-order valence-electron chi connectivity index (χ0n) is 25.1. The van der Waals surface area contributed by atoms with E-state index in [4.69, 9.17) is 4.42 Å². The molecule has 0 radical (unpaired) electrons. The number of aromatic nitrogens is 1. The van der Waals surface area contributed by atoms with E-state index in [9.17, 15) is 0 Å². The van der Waals surface area contributed by atoms with Gasteiger partial charge in [0.15, 0.2) is 6.20 Å². The van der Waals surface area contributed by atoms with Crippen LogP contribution in [0.3, 0.4) is 0 Å². The van der Waals surface area contributed by atoms with Gasteiger partial charge >= 0.3 is 0 Å². The van der Waals surface area contributed by atoms with Gasteiger partial charge in [0.25, 0.3) is 0 Å². The van der Waals surface area contributed by atoms with Crippen LogP contribution in [-0.4, -0.2) is 0 Å². The van der Waals surface area contributed by atoms with Crippen LogP contribution in [0.1, 0.15) is 76.6 Å². The maximum absolute atomic E-state index is 6.87. The van der Waals surface area contributed by atoms with E-state index >= 15 is 0 Å². The fraction of sp³-hybridized carbons (Fsp3) is 0.378. The summed E-state index contributed by atoms with van der Waals surface area (Å²) in [4.78, 5) is 0. The molecule has 0 fully saturated rings. The van der Waals surface area contributed by atoms with Gasteiger partial charge in [0.05, 0.1) is 5.56 Å². The highest BCUT2D eigenvalue weighted by Crippen LogP contribution is 2.59. The van der Waals surface area contributed by atoms with E-state index < -0.39 is 0 Å². The quantitative estimate of drug-likeness (QED) is 0.218. The second kappa shape index (κ2) is 8.55. The summed E-state index contributed by atoms with van der Waals surface area (Å²) in [6.45, 7) is 18.6. The molecule has 0 spiro atoms. The van der Waals surface area contributed by atoms with Gasteiger partial charge in [-0.15, -0.1) is 0 Å². The molecule has 1 aliphatic carbocycles. The number of nitrogens with zero attached hydrogens (tertiary/aromatic N) is 1. The topological polar surface area (TPSA) is 17.0 Å². The minimum absolute atomic E-state index is 0.0578. The van der Waals surface area contributed by atoms with Gasteiger partial charge in [-0.1, -0.05) is 77.9 Å². The van der Waals surface area contributed by atoms with Gasteiger partial charge in [-0.2, -0.15) is 0 Å². The molecule has 3 aromatic carbocycles. The molecule has 0 atom stereocenters. The van der Waals surface area contributed by atoms with Gasteiger partial charge < -0.3 is 4.42 Å². The monoisotopic (exact) mass is 516 g/mol. The molecule has 2 aromatic heterocycles. The highest BCUT2D eigenvalue weighted by atomic mass is 16.3. The highest BCUT2D eigenvalue weighted by Gasteiger charge is 2.47. The van der Waals surface area contributed by atoms with Crippen LogP contribution < -0.4 is 4.57 Å². The molecule has 0 saturated carbocycles. The molecular weight excluding hydrogens is 474 g/mol. The Hall–Kier alpha value is -3.39. The molecule has 1 aliphatic rings. The van der Waals surface area contributed by atoms with Gasteiger partial charge in [-0.05, 0) is 83.5 Å². The van der Waals surface area contributed by atoms with Crippen molar-refractivity contribution < 1.29 is 8.98 Å². The third-order valence-electron chi connectivity index (χ3n) is 8.44. The summed E-state index contributed by atoms with van der Waals surface area (Å²) in [6.07, 6.45) is 4.38. The Bertz CT molecular complexity index is 1740. The normalized spacial score (nSPS) is 14.7. The third-order valence-corrected chi connectivity index (χ3v) is 8.44. The number of furan rings is 1. The van der Waals surface area contributed by atoms with Gasteiger partial charge in [-0.25, -0.2) is 4.57 Å². The lowest BCUT2D eigenvalue weighted by molar-refractivity contribution is -0.660. The first-order valence-electron chi connectivity index (χ1n) is 14.3.